The van der Waals surface area contributed by atoms with Gasteiger partial charge < -0.3 is 15.2 Å². The molecule has 3 aromatic rings. The summed E-state index contributed by atoms with van der Waals surface area (Å²) in [4.78, 5) is 38.5. The van der Waals surface area contributed by atoms with Gasteiger partial charge in [0.2, 0.25) is 11.2 Å². The minimum atomic E-state index is -1.34. The third-order valence-electron chi connectivity index (χ3n) is 3.27. The van der Waals surface area contributed by atoms with Crippen LogP contribution in [0.25, 0.3) is 21.9 Å². The summed E-state index contributed by atoms with van der Waals surface area (Å²) in [5.41, 5.74) is -3.90. The first kappa shape index (κ1) is 14.2. The largest absolute Gasteiger partial charge is 0.501 e. The lowest BCUT2D eigenvalue weighted by atomic mass is 10.1. The summed E-state index contributed by atoms with van der Waals surface area (Å²) in [5.74, 6) is -2.51. The minimum Gasteiger partial charge on any atom is -0.501 e. The van der Waals surface area contributed by atoms with Crippen LogP contribution in [0.5, 0.6) is 11.5 Å². The fraction of sp³-hybridized carbons (Fsp3) is 0. The van der Waals surface area contributed by atoms with Crippen LogP contribution in [0, 0.1) is 20.2 Å². The fourth-order valence-electron chi connectivity index (χ4n) is 2.33. The van der Waals surface area contributed by atoms with Crippen molar-refractivity contribution in [2.45, 2.75) is 0 Å². The van der Waals surface area contributed by atoms with Crippen LogP contribution in [0.2, 0.25) is 0 Å². The predicted octanol–water partition coefficient (Wildman–Crippen LogP) is 1.30. The van der Waals surface area contributed by atoms with Gasteiger partial charge in [-0.1, -0.05) is 0 Å². The SMILES string of the molecule is O=c1c2ncccc2[nH]c2c([N+](=O)[O-])c(O)c([N+](=O)[O-])c(O)c12. The first-order valence-electron chi connectivity index (χ1n) is 6.02. The van der Waals surface area contributed by atoms with Crippen LogP contribution < -0.4 is 5.43 Å². The first-order chi connectivity index (χ1) is 10.8. The molecular formula is C12H6N4O7. The average Bonchev–Trinajstić information content (AvgIpc) is 2.46. The number of phenols is 2. The van der Waals surface area contributed by atoms with Crippen molar-refractivity contribution in [2.75, 3.05) is 0 Å². The van der Waals surface area contributed by atoms with Gasteiger partial charge in [-0.3, -0.25) is 30.0 Å². The molecule has 0 fully saturated rings. The second kappa shape index (κ2) is 4.62. The maximum absolute atomic E-state index is 12.4. The standard InChI is InChI=1S/C12H6N4O7/c17-10-5-7(14-4-2-1-3-13-6(4)10)8(15(20)21)12(19)9(11(5)18)16(22)23/h1-3,18-19H,(H,14,17). The topological polar surface area (TPSA) is 172 Å². The van der Waals surface area contributed by atoms with E-state index in [0.29, 0.717) is 0 Å². The lowest BCUT2D eigenvalue weighted by Crippen LogP contribution is -2.09. The molecule has 0 aliphatic heterocycles. The van der Waals surface area contributed by atoms with Crippen LogP contribution in [0.3, 0.4) is 0 Å². The summed E-state index contributed by atoms with van der Waals surface area (Å²) >= 11 is 0. The average molecular weight is 318 g/mol. The van der Waals surface area contributed by atoms with E-state index in [2.05, 4.69) is 9.97 Å². The molecule has 0 aliphatic carbocycles. The molecule has 0 atom stereocenters. The number of benzene rings is 1. The highest BCUT2D eigenvalue weighted by molar-refractivity contribution is 6.03. The van der Waals surface area contributed by atoms with Crippen LogP contribution >= 0.6 is 0 Å². The molecule has 116 valence electrons. The second-order valence-corrected chi connectivity index (χ2v) is 4.51. The number of aromatic hydroxyl groups is 2. The van der Waals surface area contributed by atoms with E-state index in [-0.39, 0.29) is 11.0 Å². The summed E-state index contributed by atoms with van der Waals surface area (Å²) < 4.78 is 0. The van der Waals surface area contributed by atoms with E-state index in [1.165, 1.54) is 18.3 Å². The number of phenolic OH excluding ortho intramolecular Hbond substituents is 2. The number of pyridine rings is 2. The molecule has 0 unspecified atom stereocenters. The highest BCUT2D eigenvalue weighted by atomic mass is 16.6. The van der Waals surface area contributed by atoms with Crippen molar-refractivity contribution in [1.29, 1.82) is 0 Å². The minimum absolute atomic E-state index is 0.112. The van der Waals surface area contributed by atoms with Gasteiger partial charge in [0.25, 0.3) is 5.75 Å². The zero-order valence-electron chi connectivity index (χ0n) is 11.0. The molecule has 3 N–H and O–H groups in total. The number of fused-ring (bicyclic) bond motifs is 2. The van der Waals surface area contributed by atoms with Crippen LogP contribution in [-0.2, 0) is 0 Å². The van der Waals surface area contributed by atoms with Gasteiger partial charge in [-0.05, 0) is 12.1 Å². The molecule has 2 aromatic heterocycles. The Labute approximate surface area is 124 Å². The number of nitrogens with zero attached hydrogens (tertiary/aromatic N) is 3. The van der Waals surface area contributed by atoms with E-state index in [1.54, 1.807) is 0 Å². The Balaban J connectivity index is 2.72. The van der Waals surface area contributed by atoms with Crippen molar-refractivity contribution >= 4 is 33.3 Å². The Morgan fingerprint density at radius 2 is 1.74 bits per heavy atom. The monoisotopic (exact) mass is 318 g/mol. The van der Waals surface area contributed by atoms with Crippen LogP contribution in [0.4, 0.5) is 11.4 Å². The molecule has 0 aliphatic rings. The molecule has 11 nitrogen and oxygen atoms in total. The zero-order chi connectivity index (χ0) is 16.9. The summed E-state index contributed by atoms with van der Waals surface area (Å²) in [6.07, 6.45) is 1.28. The number of nitro groups is 2. The van der Waals surface area contributed by atoms with Crippen molar-refractivity contribution in [3.05, 3.63) is 48.8 Å². The molecule has 0 spiro atoms. The molecule has 23 heavy (non-hydrogen) atoms. The third-order valence-corrected chi connectivity index (χ3v) is 3.27. The number of hydrogen-bond donors (Lipinski definition) is 3. The lowest BCUT2D eigenvalue weighted by Gasteiger charge is -2.07. The van der Waals surface area contributed by atoms with Crippen molar-refractivity contribution in [3.63, 3.8) is 0 Å². The molecule has 2 heterocycles. The Hall–Kier alpha value is -3.76. The summed E-state index contributed by atoms with van der Waals surface area (Å²) in [6.45, 7) is 0. The molecule has 0 saturated heterocycles. The van der Waals surface area contributed by atoms with Crippen LogP contribution in [0.1, 0.15) is 0 Å². The van der Waals surface area contributed by atoms with Crippen molar-refractivity contribution in [2.24, 2.45) is 0 Å². The molecule has 0 amide bonds. The summed E-state index contributed by atoms with van der Waals surface area (Å²) in [6, 6.07) is 2.86. The summed E-state index contributed by atoms with van der Waals surface area (Å²) in [7, 11) is 0. The van der Waals surface area contributed by atoms with Gasteiger partial charge in [0.1, 0.15) is 16.4 Å². The normalized spacial score (nSPS) is 11.0. The second-order valence-electron chi connectivity index (χ2n) is 4.51. The van der Waals surface area contributed by atoms with E-state index in [1.807, 2.05) is 0 Å². The molecule has 1 aromatic carbocycles. The molecule has 3 rings (SSSR count). The third kappa shape index (κ3) is 1.83. The quantitative estimate of drug-likeness (QED) is 0.360. The number of nitrogens with one attached hydrogen (secondary N) is 1. The predicted molar refractivity (Wildman–Crippen MR) is 76.5 cm³/mol. The number of aromatic amines is 1. The van der Waals surface area contributed by atoms with Crippen LogP contribution in [-0.4, -0.2) is 30.0 Å². The van der Waals surface area contributed by atoms with E-state index in [9.17, 15) is 35.2 Å². The van der Waals surface area contributed by atoms with Gasteiger partial charge in [0, 0.05) is 6.20 Å². The molecule has 0 bridgehead atoms. The van der Waals surface area contributed by atoms with E-state index >= 15 is 0 Å². The number of hydrogen-bond acceptors (Lipinski definition) is 8. The highest BCUT2D eigenvalue weighted by Gasteiger charge is 2.36. The number of H-pyrrole nitrogens is 1. The number of rotatable bonds is 2. The van der Waals surface area contributed by atoms with E-state index in [0.717, 1.165) is 0 Å². The van der Waals surface area contributed by atoms with E-state index < -0.39 is 49.1 Å². The zero-order valence-corrected chi connectivity index (χ0v) is 11.0. The Morgan fingerprint density at radius 1 is 1.09 bits per heavy atom. The molecule has 0 saturated carbocycles. The maximum atomic E-state index is 12.4. The Bertz CT molecular complexity index is 1070. The lowest BCUT2D eigenvalue weighted by molar-refractivity contribution is -0.395. The molecule has 0 radical (unpaired) electrons. The van der Waals surface area contributed by atoms with Crippen LogP contribution in [0.15, 0.2) is 23.1 Å². The first-order valence-corrected chi connectivity index (χ1v) is 6.02. The van der Waals surface area contributed by atoms with Gasteiger partial charge in [0.15, 0.2) is 0 Å². The maximum Gasteiger partial charge on any atom is 0.360 e. The Morgan fingerprint density at radius 3 is 2.35 bits per heavy atom. The number of aromatic nitrogens is 2. The van der Waals surface area contributed by atoms with Gasteiger partial charge in [-0.25, -0.2) is 0 Å². The van der Waals surface area contributed by atoms with Crippen molar-refractivity contribution < 1.29 is 20.1 Å². The van der Waals surface area contributed by atoms with Gasteiger partial charge in [-0.15, -0.1) is 0 Å². The van der Waals surface area contributed by atoms with E-state index in [4.69, 9.17) is 0 Å². The van der Waals surface area contributed by atoms with Gasteiger partial charge in [0.05, 0.1) is 15.4 Å². The smallest absolute Gasteiger partial charge is 0.360 e. The van der Waals surface area contributed by atoms with Crippen molar-refractivity contribution in [3.8, 4) is 11.5 Å². The Kier molecular flexibility index (Phi) is 2.85. The van der Waals surface area contributed by atoms with Gasteiger partial charge in [-0.2, -0.15) is 0 Å². The molecule has 11 heteroatoms. The fourth-order valence-corrected chi connectivity index (χ4v) is 2.33. The van der Waals surface area contributed by atoms with Crippen molar-refractivity contribution in [1.82, 2.24) is 9.97 Å². The number of nitro benzene ring substituents is 2. The highest BCUT2D eigenvalue weighted by Crippen LogP contribution is 2.47. The van der Waals surface area contributed by atoms with Gasteiger partial charge >= 0.3 is 11.4 Å². The summed E-state index contributed by atoms with van der Waals surface area (Å²) in [5, 5.41) is 41.2. The molecular weight excluding hydrogens is 312 g/mol.